The number of aliphatic carboxylic acids is 1. The third-order valence-corrected chi connectivity index (χ3v) is 6.78. The molecule has 10 nitrogen and oxygen atoms in total. The molecular weight excluding hydrogens is 532 g/mol. The quantitative estimate of drug-likeness (QED) is 0.319. The van der Waals surface area contributed by atoms with Crippen molar-refractivity contribution in [3.8, 4) is 0 Å². The zero-order chi connectivity index (χ0) is 24.9. The Morgan fingerprint density at radius 1 is 1.19 bits per heavy atom. The summed E-state index contributed by atoms with van der Waals surface area (Å²) >= 11 is 0. The SMILES string of the molecule is CC(=O)NCC1CC(c2ccc(N3CCN(C(=O)CN4CCCC(C(=O)O)C4)CC3)c(F)c2)=NO1.[Cl-].[K+]. The number of rotatable bonds is 7. The molecule has 37 heavy (non-hydrogen) atoms. The second kappa shape index (κ2) is 14.8. The first kappa shape index (κ1) is 31.9. The van der Waals surface area contributed by atoms with Gasteiger partial charge in [-0.1, -0.05) is 11.2 Å². The van der Waals surface area contributed by atoms with Gasteiger partial charge in [0, 0.05) is 51.6 Å². The van der Waals surface area contributed by atoms with E-state index in [-0.39, 0.29) is 94.1 Å². The fourth-order valence-corrected chi connectivity index (χ4v) is 4.80. The number of piperazine rings is 1. The van der Waals surface area contributed by atoms with E-state index >= 15 is 0 Å². The number of carbonyl (C=O) groups is 3. The molecule has 2 amide bonds. The normalized spacial score (nSPS) is 21.7. The Morgan fingerprint density at radius 3 is 2.57 bits per heavy atom. The van der Waals surface area contributed by atoms with Crippen LogP contribution >= 0.6 is 0 Å². The smallest absolute Gasteiger partial charge is 1.00 e. The first-order valence-electron chi connectivity index (χ1n) is 12.0. The van der Waals surface area contributed by atoms with Crippen LogP contribution in [-0.2, 0) is 19.2 Å². The van der Waals surface area contributed by atoms with Gasteiger partial charge in [0.25, 0.3) is 0 Å². The van der Waals surface area contributed by atoms with Gasteiger partial charge >= 0.3 is 57.4 Å². The van der Waals surface area contributed by atoms with Crippen molar-refractivity contribution in [3.63, 3.8) is 0 Å². The van der Waals surface area contributed by atoms with Gasteiger partial charge in [-0.3, -0.25) is 19.3 Å². The number of oxime groups is 1. The minimum absolute atomic E-state index is 0. The van der Waals surface area contributed by atoms with E-state index < -0.39 is 11.9 Å². The summed E-state index contributed by atoms with van der Waals surface area (Å²) < 4.78 is 15.0. The summed E-state index contributed by atoms with van der Waals surface area (Å²) in [5.74, 6) is -1.73. The number of carboxylic acids is 1. The maximum absolute atomic E-state index is 15.0. The molecule has 3 aliphatic heterocycles. The van der Waals surface area contributed by atoms with E-state index in [0.29, 0.717) is 69.1 Å². The van der Waals surface area contributed by atoms with Crippen molar-refractivity contribution in [2.45, 2.75) is 32.3 Å². The Hall–Kier alpha value is -1.28. The van der Waals surface area contributed by atoms with Crippen LogP contribution in [0.1, 0.15) is 31.7 Å². The van der Waals surface area contributed by atoms with Crippen LogP contribution in [0.3, 0.4) is 0 Å². The monoisotopic (exact) mass is 563 g/mol. The van der Waals surface area contributed by atoms with Gasteiger partial charge in [0.05, 0.1) is 30.4 Å². The molecule has 0 radical (unpaired) electrons. The van der Waals surface area contributed by atoms with E-state index in [0.717, 1.165) is 13.0 Å². The van der Waals surface area contributed by atoms with Crippen LogP contribution in [0, 0.1) is 11.7 Å². The number of halogens is 2. The van der Waals surface area contributed by atoms with Gasteiger partial charge < -0.3 is 37.5 Å². The summed E-state index contributed by atoms with van der Waals surface area (Å²) in [6.45, 7) is 5.16. The molecule has 198 valence electrons. The van der Waals surface area contributed by atoms with Gasteiger partial charge in [0.1, 0.15) is 11.9 Å². The number of carbonyl (C=O) groups excluding carboxylic acids is 2. The van der Waals surface area contributed by atoms with Crippen molar-refractivity contribution in [1.82, 2.24) is 15.1 Å². The predicted octanol–water partition coefficient (Wildman–Crippen LogP) is -5.09. The molecule has 1 aromatic carbocycles. The molecule has 0 bridgehead atoms. The second-order valence-electron chi connectivity index (χ2n) is 9.35. The number of hydrogen-bond donors (Lipinski definition) is 2. The average Bonchev–Trinajstić information content (AvgIpc) is 3.32. The van der Waals surface area contributed by atoms with Crippen LogP contribution in [0.5, 0.6) is 0 Å². The second-order valence-corrected chi connectivity index (χ2v) is 9.35. The van der Waals surface area contributed by atoms with Crippen LogP contribution in [0.15, 0.2) is 23.4 Å². The first-order valence-corrected chi connectivity index (χ1v) is 12.0. The zero-order valence-electron chi connectivity index (χ0n) is 21.3. The molecular formula is C24H32ClFKN5O5. The number of piperidine rings is 1. The molecule has 2 saturated heterocycles. The molecule has 0 saturated carbocycles. The molecule has 0 spiro atoms. The third-order valence-electron chi connectivity index (χ3n) is 6.78. The Morgan fingerprint density at radius 2 is 1.92 bits per heavy atom. The Balaban J connectivity index is 0.00000241. The van der Waals surface area contributed by atoms with Gasteiger partial charge in [-0.15, -0.1) is 0 Å². The summed E-state index contributed by atoms with van der Waals surface area (Å²) in [5, 5.41) is 16.0. The number of hydrogen-bond acceptors (Lipinski definition) is 7. The van der Waals surface area contributed by atoms with Crippen LogP contribution in [0.2, 0.25) is 0 Å². The molecule has 0 aromatic heterocycles. The van der Waals surface area contributed by atoms with Crippen molar-refractivity contribution in [1.29, 1.82) is 0 Å². The molecule has 0 aliphatic carbocycles. The first-order chi connectivity index (χ1) is 16.8. The summed E-state index contributed by atoms with van der Waals surface area (Å²) in [6.07, 6.45) is 1.66. The van der Waals surface area contributed by atoms with Crippen LogP contribution in [0.25, 0.3) is 0 Å². The Kier molecular flexibility index (Phi) is 12.7. The molecule has 2 N–H and O–H groups in total. The van der Waals surface area contributed by atoms with Crippen LogP contribution in [0.4, 0.5) is 10.1 Å². The molecule has 4 rings (SSSR count). The number of likely N-dealkylation sites (tertiary alicyclic amines) is 1. The van der Waals surface area contributed by atoms with Gasteiger partial charge in [-0.25, -0.2) is 4.39 Å². The van der Waals surface area contributed by atoms with Gasteiger partial charge in [0.15, 0.2) is 0 Å². The molecule has 2 unspecified atom stereocenters. The fourth-order valence-electron chi connectivity index (χ4n) is 4.80. The van der Waals surface area contributed by atoms with Crippen molar-refractivity contribution < 1.29 is 92.5 Å². The average molecular weight is 564 g/mol. The predicted molar refractivity (Wildman–Crippen MR) is 127 cm³/mol. The van der Waals surface area contributed by atoms with Crippen molar-refractivity contribution in [2.24, 2.45) is 11.1 Å². The van der Waals surface area contributed by atoms with Gasteiger partial charge in [-0.2, -0.15) is 0 Å². The van der Waals surface area contributed by atoms with Crippen molar-refractivity contribution >= 4 is 29.2 Å². The third kappa shape index (κ3) is 8.60. The molecule has 13 heteroatoms. The zero-order valence-corrected chi connectivity index (χ0v) is 25.2. The number of nitrogens with one attached hydrogen (secondary N) is 1. The Bertz CT molecular complexity index is 1010. The van der Waals surface area contributed by atoms with E-state index in [9.17, 15) is 23.9 Å². The number of anilines is 1. The van der Waals surface area contributed by atoms with Crippen molar-refractivity contribution in [2.75, 3.05) is 57.3 Å². The number of amides is 2. The van der Waals surface area contributed by atoms with E-state index in [4.69, 9.17) is 4.84 Å². The van der Waals surface area contributed by atoms with Crippen molar-refractivity contribution in [3.05, 3.63) is 29.6 Å². The van der Waals surface area contributed by atoms with Crippen LogP contribution in [-0.4, -0.2) is 96.9 Å². The maximum Gasteiger partial charge on any atom is 1.00 e. The largest absolute Gasteiger partial charge is 1.00 e. The van der Waals surface area contributed by atoms with E-state index in [1.807, 2.05) is 15.9 Å². The van der Waals surface area contributed by atoms with E-state index in [1.165, 1.54) is 13.0 Å². The molecule has 2 fully saturated rings. The summed E-state index contributed by atoms with van der Waals surface area (Å²) in [6, 6.07) is 4.99. The molecule has 3 heterocycles. The number of carboxylic acid groups (broad SMARTS) is 1. The molecule has 1 aromatic rings. The maximum atomic E-state index is 15.0. The number of benzene rings is 1. The topological polar surface area (TPSA) is 115 Å². The number of nitrogens with zero attached hydrogens (tertiary/aromatic N) is 4. The van der Waals surface area contributed by atoms with Crippen LogP contribution < -0.4 is 74.0 Å². The molecule has 2 atom stereocenters. The van der Waals surface area contributed by atoms with Gasteiger partial charge in [0.2, 0.25) is 11.8 Å². The standard InChI is InChI=1S/C24H32FN5O5.ClH.K/c1-16(31)26-13-19-12-21(27-35-19)17-4-5-22(20(25)11-17)29-7-9-30(10-8-29)23(32)15-28-6-2-3-18(14-28)24(33)34;;/h4-5,11,18-19H,2-3,6-10,12-15H2,1H3,(H,26,31)(H,33,34);1H;/q;;+1/p-1. The summed E-state index contributed by atoms with van der Waals surface area (Å²) in [7, 11) is 0. The molecule has 3 aliphatic rings. The van der Waals surface area contributed by atoms with E-state index in [2.05, 4.69) is 10.5 Å². The summed E-state index contributed by atoms with van der Waals surface area (Å²) in [5.41, 5.74) is 1.77. The summed E-state index contributed by atoms with van der Waals surface area (Å²) in [4.78, 5) is 46.0. The fraction of sp³-hybridized carbons (Fsp3) is 0.583. The van der Waals surface area contributed by atoms with E-state index in [1.54, 1.807) is 11.0 Å². The Labute approximate surface area is 264 Å². The van der Waals surface area contributed by atoms with Gasteiger partial charge in [-0.05, 0) is 31.5 Å². The minimum Gasteiger partial charge on any atom is -1.00 e. The minimum atomic E-state index is -0.804.